The molecule has 1 aliphatic carbocycles. The fourth-order valence-corrected chi connectivity index (χ4v) is 3.64. The van der Waals surface area contributed by atoms with Gasteiger partial charge in [0.15, 0.2) is 5.76 Å². The Morgan fingerprint density at radius 1 is 1.42 bits per heavy atom. The summed E-state index contributed by atoms with van der Waals surface area (Å²) in [5, 5.41) is 0. The molecule has 3 rings (SSSR count). The fourth-order valence-electron chi connectivity index (χ4n) is 3.64. The number of likely N-dealkylation sites (tertiary alicyclic amines) is 1. The van der Waals surface area contributed by atoms with Crippen LogP contribution in [-0.2, 0) is 6.54 Å². The molecule has 0 aromatic carbocycles. The molecule has 1 aliphatic heterocycles. The van der Waals surface area contributed by atoms with Crippen molar-refractivity contribution in [1.29, 1.82) is 0 Å². The van der Waals surface area contributed by atoms with Crippen molar-refractivity contribution in [3.63, 3.8) is 0 Å². The highest BCUT2D eigenvalue weighted by atomic mass is 16.3. The van der Waals surface area contributed by atoms with Gasteiger partial charge in [0.05, 0.1) is 6.26 Å². The Labute approximate surface area is 113 Å². The molecule has 5 nitrogen and oxygen atoms in total. The van der Waals surface area contributed by atoms with Gasteiger partial charge in [0, 0.05) is 18.2 Å². The SMILES string of the molecule is NNC(=O)c1occc1CN1CCC2CCCCC21. The Morgan fingerprint density at radius 2 is 2.26 bits per heavy atom. The minimum absolute atomic E-state index is 0.348. The number of hydrogen-bond donors (Lipinski definition) is 2. The number of fused-ring (bicyclic) bond motifs is 1. The summed E-state index contributed by atoms with van der Waals surface area (Å²) < 4.78 is 5.24. The lowest BCUT2D eigenvalue weighted by Gasteiger charge is -2.31. The molecule has 2 heterocycles. The lowest BCUT2D eigenvalue weighted by molar-refractivity contribution is 0.0921. The predicted molar refractivity (Wildman–Crippen MR) is 71.1 cm³/mol. The first-order valence-corrected chi connectivity index (χ1v) is 7.11. The van der Waals surface area contributed by atoms with Gasteiger partial charge < -0.3 is 4.42 Å². The van der Waals surface area contributed by atoms with Gasteiger partial charge in [-0.25, -0.2) is 5.84 Å². The number of hydrogen-bond acceptors (Lipinski definition) is 4. The quantitative estimate of drug-likeness (QED) is 0.494. The number of carbonyl (C=O) groups excluding carboxylic acids is 1. The molecule has 1 saturated carbocycles. The molecular weight excluding hydrogens is 242 g/mol. The van der Waals surface area contributed by atoms with Crippen molar-refractivity contribution >= 4 is 5.91 Å². The van der Waals surface area contributed by atoms with Gasteiger partial charge in [0.1, 0.15) is 0 Å². The highest BCUT2D eigenvalue weighted by molar-refractivity contribution is 5.92. The van der Waals surface area contributed by atoms with Gasteiger partial charge in [-0.15, -0.1) is 0 Å². The summed E-state index contributed by atoms with van der Waals surface area (Å²) in [5.41, 5.74) is 3.08. The lowest BCUT2D eigenvalue weighted by atomic mass is 9.85. The maximum Gasteiger partial charge on any atom is 0.301 e. The summed E-state index contributed by atoms with van der Waals surface area (Å²) >= 11 is 0. The van der Waals surface area contributed by atoms with Gasteiger partial charge in [-0.05, 0) is 37.8 Å². The molecule has 2 atom stereocenters. The van der Waals surface area contributed by atoms with Crippen LogP contribution in [0.15, 0.2) is 16.7 Å². The van der Waals surface area contributed by atoms with Crippen molar-refractivity contribution in [3.8, 4) is 0 Å². The van der Waals surface area contributed by atoms with Crippen molar-refractivity contribution in [2.45, 2.75) is 44.7 Å². The van der Waals surface area contributed by atoms with E-state index < -0.39 is 0 Å². The molecule has 1 aromatic heterocycles. The second kappa shape index (κ2) is 5.35. The number of hydrazine groups is 1. The smallest absolute Gasteiger partial charge is 0.301 e. The third-order valence-electron chi connectivity index (χ3n) is 4.58. The molecule has 5 heteroatoms. The van der Waals surface area contributed by atoms with E-state index in [1.807, 2.05) is 6.07 Å². The number of nitrogen functional groups attached to an aromatic ring is 1. The van der Waals surface area contributed by atoms with Crippen LogP contribution in [-0.4, -0.2) is 23.4 Å². The summed E-state index contributed by atoms with van der Waals surface area (Å²) in [5.74, 6) is 6.03. The largest absolute Gasteiger partial charge is 0.459 e. The molecule has 0 radical (unpaired) electrons. The molecule has 2 fully saturated rings. The minimum Gasteiger partial charge on any atom is -0.459 e. The summed E-state index contributed by atoms with van der Waals surface area (Å²) in [7, 11) is 0. The van der Waals surface area contributed by atoms with E-state index in [-0.39, 0.29) is 5.91 Å². The molecule has 2 aliphatic rings. The van der Waals surface area contributed by atoms with Gasteiger partial charge in [-0.3, -0.25) is 15.1 Å². The second-order valence-corrected chi connectivity index (χ2v) is 5.62. The Balaban J connectivity index is 1.71. The van der Waals surface area contributed by atoms with Crippen molar-refractivity contribution in [3.05, 3.63) is 23.7 Å². The van der Waals surface area contributed by atoms with Gasteiger partial charge in [-0.2, -0.15) is 0 Å². The Hall–Kier alpha value is -1.33. The van der Waals surface area contributed by atoms with Gasteiger partial charge >= 0.3 is 5.91 Å². The van der Waals surface area contributed by atoms with E-state index in [1.165, 1.54) is 32.1 Å². The van der Waals surface area contributed by atoms with E-state index in [0.29, 0.717) is 11.8 Å². The van der Waals surface area contributed by atoms with E-state index in [4.69, 9.17) is 10.3 Å². The molecule has 1 amide bonds. The maximum atomic E-state index is 11.6. The second-order valence-electron chi connectivity index (χ2n) is 5.62. The third-order valence-corrected chi connectivity index (χ3v) is 4.58. The molecule has 0 spiro atoms. The number of furan rings is 1. The molecule has 104 valence electrons. The normalized spacial score (nSPS) is 27.2. The van der Waals surface area contributed by atoms with E-state index in [9.17, 15) is 4.79 Å². The molecular formula is C14H21N3O2. The van der Waals surface area contributed by atoms with Crippen LogP contribution < -0.4 is 11.3 Å². The van der Waals surface area contributed by atoms with Crippen LogP contribution in [0.5, 0.6) is 0 Å². The monoisotopic (exact) mass is 263 g/mol. The fraction of sp³-hybridized carbons (Fsp3) is 0.643. The van der Waals surface area contributed by atoms with Gasteiger partial charge in [-0.1, -0.05) is 12.8 Å². The Morgan fingerprint density at radius 3 is 3.11 bits per heavy atom. The average Bonchev–Trinajstić information content (AvgIpc) is 3.06. The number of carbonyl (C=O) groups is 1. The number of nitrogens with zero attached hydrogens (tertiary/aromatic N) is 1. The predicted octanol–water partition coefficient (Wildman–Crippen LogP) is 1.65. The minimum atomic E-state index is -0.348. The van der Waals surface area contributed by atoms with Crippen LogP contribution in [0.2, 0.25) is 0 Å². The number of rotatable bonds is 3. The van der Waals surface area contributed by atoms with Crippen molar-refractivity contribution in [2.24, 2.45) is 11.8 Å². The molecule has 19 heavy (non-hydrogen) atoms. The zero-order chi connectivity index (χ0) is 13.2. The van der Waals surface area contributed by atoms with Crippen molar-refractivity contribution in [2.75, 3.05) is 6.54 Å². The zero-order valence-electron chi connectivity index (χ0n) is 11.1. The van der Waals surface area contributed by atoms with E-state index >= 15 is 0 Å². The van der Waals surface area contributed by atoms with Gasteiger partial charge in [0.25, 0.3) is 0 Å². The zero-order valence-corrected chi connectivity index (χ0v) is 11.1. The topological polar surface area (TPSA) is 71.5 Å². The number of nitrogens with one attached hydrogen (secondary N) is 1. The lowest BCUT2D eigenvalue weighted by Crippen LogP contribution is -2.35. The highest BCUT2D eigenvalue weighted by Crippen LogP contribution is 2.37. The van der Waals surface area contributed by atoms with Crippen LogP contribution in [0, 0.1) is 5.92 Å². The third kappa shape index (κ3) is 2.40. The molecule has 3 N–H and O–H groups in total. The first-order valence-electron chi connectivity index (χ1n) is 7.11. The molecule has 1 aromatic rings. The van der Waals surface area contributed by atoms with Crippen LogP contribution in [0.25, 0.3) is 0 Å². The first-order chi connectivity index (χ1) is 9.29. The van der Waals surface area contributed by atoms with E-state index in [0.717, 1.165) is 24.6 Å². The van der Waals surface area contributed by atoms with Crippen molar-refractivity contribution < 1.29 is 9.21 Å². The van der Waals surface area contributed by atoms with Crippen LogP contribution in [0.4, 0.5) is 0 Å². The van der Waals surface area contributed by atoms with Crippen LogP contribution >= 0.6 is 0 Å². The van der Waals surface area contributed by atoms with E-state index in [1.54, 1.807) is 6.26 Å². The van der Waals surface area contributed by atoms with Gasteiger partial charge in [0.2, 0.25) is 0 Å². The Kier molecular flexibility index (Phi) is 3.57. The summed E-state index contributed by atoms with van der Waals surface area (Å²) in [6.45, 7) is 1.92. The molecule has 2 unspecified atom stereocenters. The summed E-state index contributed by atoms with van der Waals surface area (Å²) in [6, 6.07) is 2.57. The number of nitrogens with two attached hydrogens (primary N) is 1. The first kappa shape index (κ1) is 12.7. The Bertz CT molecular complexity index is 457. The van der Waals surface area contributed by atoms with Crippen molar-refractivity contribution in [1.82, 2.24) is 10.3 Å². The van der Waals surface area contributed by atoms with Crippen LogP contribution in [0.1, 0.15) is 48.2 Å². The standard InChI is InChI=1S/C14H21N3O2/c15-16-14(18)13-11(6-8-19-13)9-17-7-5-10-3-1-2-4-12(10)17/h6,8,10,12H,1-5,7,9,15H2,(H,16,18). The van der Waals surface area contributed by atoms with E-state index in [2.05, 4.69) is 10.3 Å². The molecule has 1 saturated heterocycles. The molecule has 0 bridgehead atoms. The average molecular weight is 263 g/mol. The van der Waals surface area contributed by atoms with Crippen LogP contribution in [0.3, 0.4) is 0 Å². The summed E-state index contributed by atoms with van der Waals surface area (Å²) in [4.78, 5) is 14.1. The number of amides is 1. The summed E-state index contributed by atoms with van der Waals surface area (Å²) in [6.07, 6.45) is 8.22. The highest BCUT2D eigenvalue weighted by Gasteiger charge is 2.36. The maximum absolute atomic E-state index is 11.6.